The first-order valence-corrected chi connectivity index (χ1v) is 11.3. The highest BCUT2D eigenvalue weighted by molar-refractivity contribution is 7.98. The van der Waals surface area contributed by atoms with E-state index in [0.717, 1.165) is 21.9 Å². The number of nitrogens with zero attached hydrogens (tertiary/aromatic N) is 3. The molecule has 0 aliphatic carbocycles. The monoisotopic (exact) mass is 433 g/mol. The molecule has 0 saturated heterocycles. The van der Waals surface area contributed by atoms with Crippen LogP contribution in [0.3, 0.4) is 0 Å². The maximum absolute atomic E-state index is 13.6. The molecule has 0 radical (unpaired) electrons. The predicted molar refractivity (Wildman–Crippen MR) is 130 cm³/mol. The number of hydrogen-bond acceptors (Lipinski definition) is 4. The normalized spacial score (nSPS) is 11.0. The van der Waals surface area contributed by atoms with E-state index in [9.17, 15) is 10.1 Å². The van der Waals surface area contributed by atoms with Gasteiger partial charge in [-0.3, -0.25) is 9.36 Å². The maximum atomic E-state index is 13.6. The molecule has 0 saturated carbocycles. The molecule has 0 atom stereocenters. The fourth-order valence-electron chi connectivity index (χ4n) is 3.78. The Kier molecular flexibility index (Phi) is 5.45. The van der Waals surface area contributed by atoms with Crippen LogP contribution >= 0.6 is 11.8 Å². The van der Waals surface area contributed by atoms with E-state index in [1.165, 1.54) is 11.8 Å². The van der Waals surface area contributed by atoms with Gasteiger partial charge in [-0.05, 0) is 46.2 Å². The zero-order valence-corrected chi connectivity index (χ0v) is 18.0. The molecule has 1 heterocycles. The average molecular weight is 434 g/mol. The molecule has 32 heavy (non-hydrogen) atoms. The summed E-state index contributed by atoms with van der Waals surface area (Å²) in [5.41, 5.74) is 3.35. The molecule has 5 heteroatoms. The van der Waals surface area contributed by atoms with Crippen molar-refractivity contribution < 1.29 is 0 Å². The Bertz CT molecular complexity index is 1530. The van der Waals surface area contributed by atoms with Gasteiger partial charge in [-0.25, -0.2) is 4.98 Å². The molecule has 0 spiro atoms. The van der Waals surface area contributed by atoms with Crippen molar-refractivity contribution in [2.45, 2.75) is 17.5 Å². The van der Waals surface area contributed by atoms with E-state index in [2.05, 4.69) is 6.07 Å². The second-order valence-corrected chi connectivity index (χ2v) is 8.53. The van der Waals surface area contributed by atoms with Gasteiger partial charge >= 0.3 is 0 Å². The molecule has 0 amide bonds. The minimum Gasteiger partial charge on any atom is -0.283 e. The van der Waals surface area contributed by atoms with Crippen LogP contribution in [0.1, 0.15) is 16.7 Å². The lowest BCUT2D eigenvalue weighted by Gasteiger charge is -2.14. The number of aromatic nitrogens is 2. The summed E-state index contributed by atoms with van der Waals surface area (Å²) in [5.74, 6) is 0.621. The van der Waals surface area contributed by atoms with E-state index in [1.54, 1.807) is 10.6 Å². The van der Waals surface area contributed by atoms with Crippen molar-refractivity contribution in [3.05, 3.63) is 118 Å². The van der Waals surface area contributed by atoms with Crippen LogP contribution in [0, 0.1) is 11.3 Å². The molecule has 1 aromatic heterocycles. The first-order chi connectivity index (χ1) is 15.7. The summed E-state index contributed by atoms with van der Waals surface area (Å²) in [6, 6.07) is 31.6. The van der Waals surface area contributed by atoms with Crippen LogP contribution in [0.25, 0.3) is 21.7 Å². The quantitative estimate of drug-likeness (QED) is 0.201. The first-order valence-electron chi connectivity index (χ1n) is 10.3. The third-order valence-electron chi connectivity index (χ3n) is 5.39. The van der Waals surface area contributed by atoms with Gasteiger partial charge in [-0.1, -0.05) is 78.5 Å². The lowest BCUT2D eigenvalue weighted by Crippen LogP contribution is -2.24. The molecule has 154 valence electrons. The van der Waals surface area contributed by atoms with Crippen LogP contribution in [-0.2, 0) is 12.3 Å². The third-order valence-corrected chi connectivity index (χ3v) is 6.44. The lowest BCUT2D eigenvalue weighted by atomic mass is 10.1. The Labute approximate surface area is 189 Å². The zero-order valence-electron chi connectivity index (χ0n) is 17.2. The summed E-state index contributed by atoms with van der Waals surface area (Å²) < 4.78 is 1.76. The van der Waals surface area contributed by atoms with Crippen molar-refractivity contribution in [1.29, 1.82) is 5.26 Å². The minimum atomic E-state index is -0.0436. The highest BCUT2D eigenvalue weighted by Gasteiger charge is 2.14. The highest BCUT2D eigenvalue weighted by Crippen LogP contribution is 2.25. The summed E-state index contributed by atoms with van der Waals surface area (Å²) >= 11 is 1.52. The molecule has 0 aliphatic heterocycles. The van der Waals surface area contributed by atoms with E-state index in [4.69, 9.17) is 4.98 Å². The van der Waals surface area contributed by atoms with Crippen molar-refractivity contribution in [2.24, 2.45) is 0 Å². The van der Waals surface area contributed by atoms with Crippen molar-refractivity contribution in [3.8, 4) is 6.07 Å². The van der Waals surface area contributed by atoms with E-state index in [1.807, 2.05) is 84.9 Å². The summed E-state index contributed by atoms with van der Waals surface area (Å²) in [6.07, 6.45) is 0. The topological polar surface area (TPSA) is 58.7 Å². The first kappa shape index (κ1) is 20.0. The second kappa shape index (κ2) is 8.70. The number of hydrogen-bond donors (Lipinski definition) is 0. The fourth-order valence-corrected chi connectivity index (χ4v) is 4.72. The van der Waals surface area contributed by atoms with Gasteiger partial charge in [0.05, 0.1) is 29.1 Å². The van der Waals surface area contributed by atoms with Crippen molar-refractivity contribution in [3.63, 3.8) is 0 Å². The Morgan fingerprint density at radius 3 is 2.34 bits per heavy atom. The van der Waals surface area contributed by atoms with Crippen molar-refractivity contribution in [2.75, 3.05) is 0 Å². The molecule has 0 aliphatic rings. The minimum absolute atomic E-state index is 0.0436. The Morgan fingerprint density at radius 2 is 1.56 bits per heavy atom. The van der Waals surface area contributed by atoms with Gasteiger partial charge in [0.2, 0.25) is 0 Å². The smallest absolute Gasteiger partial charge is 0.262 e. The summed E-state index contributed by atoms with van der Waals surface area (Å²) in [4.78, 5) is 18.5. The lowest BCUT2D eigenvalue weighted by molar-refractivity contribution is 0.658. The van der Waals surface area contributed by atoms with Gasteiger partial charge in [0.15, 0.2) is 5.16 Å². The molecule has 0 N–H and O–H groups in total. The van der Waals surface area contributed by atoms with Gasteiger partial charge in [-0.2, -0.15) is 5.26 Å². The zero-order chi connectivity index (χ0) is 21.9. The van der Waals surface area contributed by atoms with Crippen LogP contribution in [0.15, 0.2) is 101 Å². The molecule has 0 bridgehead atoms. The number of benzene rings is 4. The maximum Gasteiger partial charge on any atom is 0.262 e. The molecular formula is C27H19N3OS. The summed E-state index contributed by atoms with van der Waals surface area (Å²) in [5, 5.41) is 12.6. The fraction of sp³-hybridized carbons (Fsp3) is 0.0741. The number of nitriles is 1. The molecule has 4 nitrogen and oxygen atoms in total. The van der Waals surface area contributed by atoms with E-state index in [0.29, 0.717) is 33.9 Å². The Morgan fingerprint density at radius 1 is 0.844 bits per heavy atom. The van der Waals surface area contributed by atoms with Gasteiger partial charge in [0.25, 0.3) is 5.56 Å². The molecular weight excluding hydrogens is 414 g/mol. The van der Waals surface area contributed by atoms with Gasteiger partial charge < -0.3 is 0 Å². The average Bonchev–Trinajstić information content (AvgIpc) is 2.84. The van der Waals surface area contributed by atoms with Crippen LogP contribution < -0.4 is 5.56 Å². The van der Waals surface area contributed by atoms with Crippen molar-refractivity contribution in [1.82, 2.24) is 9.55 Å². The molecule has 5 rings (SSSR count). The van der Waals surface area contributed by atoms with Gasteiger partial charge in [-0.15, -0.1) is 0 Å². The molecule has 5 aromatic rings. The largest absolute Gasteiger partial charge is 0.283 e. The summed E-state index contributed by atoms with van der Waals surface area (Å²) in [7, 11) is 0. The van der Waals surface area contributed by atoms with Crippen LogP contribution in [0.4, 0.5) is 0 Å². The van der Waals surface area contributed by atoms with Crippen molar-refractivity contribution >= 4 is 33.4 Å². The Hall–Kier alpha value is -3.88. The van der Waals surface area contributed by atoms with E-state index >= 15 is 0 Å². The van der Waals surface area contributed by atoms with Crippen LogP contribution in [0.2, 0.25) is 0 Å². The third kappa shape index (κ3) is 4.01. The number of fused-ring (bicyclic) bond motifs is 2. The molecule has 0 fully saturated rings. The standard InChI is InChI=1S/C27H19N3OS/c28-16-20-9-6-10-21(13-20)18-32-27-29-25-15-23-12-5-4-11-22(23)14-24(25)26(31)30(27)17-19-7-2-1-3-8-19/h1-15H,17-18H2. The SMILES string of the molecule is N#Cc1cccc(CSc2nc3cc4ccccc4cc3c(=O)n2Cc2ccccc2)c1. The summed E-state index contributed by atoms with van der Waals surface area (Å²) in [6.45, 7) is 0.454. The van der Waals surface area contributed by atoms with E-state index < -0.39 is 0 Å². The van der Waals surface area contributed by atoms with Crippen LogP contribution in [0.5, 0.6) is 0 Å². The van der Waals surface area contributed by atoms with Crippen LogP contribution in [-0.4, -0.2) is 9.55 Å². The van der Waals surface area contributed by atoms with Gasteiger partial charge in [0, 0.05) is 5.75 Å². The Balaban J connectivity index is 1.62. The second-order valence-electron chi connectivity index (χ2n) is 7.59. The molecule has 4 aromatic carbocycles. The molecule has 0 unspecified atom stereocenters. The number of rotatable bonds is 5. The number of thioether (sulfide) groups is 1. The highest BCUT2D eigenvalue weighted by atomic mass is 32.2. The van der Waals surface area contributed by atoms with E-state index in [-0.39, 0.29) is 5.56 Å². The predicted octanol–water partition coefficient (Wildman–Crippen LogP) is 5.76. The van der Waals surface area contributed by atoms with Gasteiger partial charge in [0.1, 0.15) is 0 Å².